The van der Waals surface area contributed by atoms with Gasteiger partial charge >= 0.3 is 5.97 Å². The molecular weight excluding hydrogens is 340 g/mol. The smallest absolute Gasteiger partial charge is 0.354 e. The summed E-state index contributed by atoms with van der Waals surface area (Å²) in [6, 6.07) is 11.6. The summed E-state index contributed by atoms with van der Waals surface area (Å²) in [4.78, 5) is 18.5. The van der Waals surface area contributed by atoms with Gasteiger partial charge in [0.15, 0.2) is 11.3 Å². The third-order valence-corrected chi connectivity index (χ3v) is 5.76. The van der Waals surface area contributed by atoms with Crippen molar-refractivity contribution in [2.24, 2.45) is 5.92 Å². The van der Waals surface area contributed by atoms with Crippen LogP contribution in [0.4, 0.5) is 5.69 Å². The van der Waals surface area contributed by atoms with Gasteiger partial charge in [-0.05, 0) is 37.0 Å². The number of aromatic nitrogens is 3. The first-order chi connectivity index (χ1) is 13.1. The molecule has 0 bridgehead atoms. The van der Waals surface area contributed by atoms with Gasteiger partial charge in [-0.15, -0.1) is 0 Å². The molecule has 3 aromatic rings. The number of carboxylic acids is 1. The first-order valence-corrected chi connectivity index (χ1v) is 9.59. The lowest BCUT2D eigenvalue weighted by Crippen LogP contribution is -2.45. The zero-order valence-corrected chi connectivity index (χ0v) is 15.3. The van der Waals surface area contributed by atoms with Crippen molar-refractivity contribution in [3.8, 4) is 5.69 Å². The van der Waals surface area contributed by atoms with Crippen LogP contribution in [-0.4, -0.2) is 38.9 Å². The van der Waals surface area contributed by atoms with E-state index >= 15 is 0 Å². The van der Waals surface area contributed by atoms with Crippen LogP contribution in [0.3, 0.4) is 0 Å². The highest BCUT2D eigenvalue weighted by molar-refractivity contribution is 5.98. The first-order valence-electron chi connectivity index (χ1n) is 9.59. The van der Waals surface area contributed by atoms with Gasteiger partial charge in [0.2, 0.25) is 0 Å². The Morgan fingerprint density at radius 2 is 1.93 bits per heavy atom. The number of nitrogens with zero attached hydrogens (tertiary/aromatic N) is 4. The fourth-order valence-corrected chi connectivity index (χ4v) is 4.09. The number of carboxylic acid groups (broad SMARTS) is 1. The van der Waals surface area contributed by atoms with Crippen LogP contribution in [0.25, 0.3) is 16.7 Å². The molecule has 0 atom stereocenters. The van der Waals surface area contributed by atoms with Crippen molar-refractivity contribution in [3.05, 3.63) is 47.8 Å². The van der Waals surface area contributed by atoms with Gasteiger partial charge in [0.05, 0.1) is 22.5 Å². The molecule has 2 aromatic heterocycles. The number of aromatic carboxylic acids is 1. The van der Waals surface area contributed by atoms with Crippen LogP contribution < -0.4 is 4.90 Å². The van der Waals surface area contributed by atoms with E-state index < -0.39 is 5.97 Å². The minimum Gasteiger partial charge on any atom is -0.477 e. The SMILES string of the molecule is CC1CN(c2cc(C(=O)O)nc3c2c(C2CCC2)nn3-c2ccccc2)C1. The van der Waals surface area contributed by atoms with E-state index in [0.717, 1.165) is 48.4 Å². The van der Waals surface area contributed by atoms with Crippen LogP contribution in [0.5, 0.6) is 0 Å². The molecule has 0 unspecified atom stereocenters. The molecule has 6 nitrogen and oxygen atoms in total. The normalized spacial score (nSPS) is 17.7. The summed E-state index contributed by atoms with van der Waals surface area (Å²) >= 11 is 0. The lowest BCUT2D eigenvalue weighted by molar-refractivity contribution is 0.0691. The van der Waals surface area contributed by atoms with Crippen molar-refractivity contribution in [2.45, 2.75) is 32.1 Å². The maximum Gasteiger partial charge on any atom is 0.354 e. The van der Waals surface area contributed by atoms with E-state index in [2.05, 4.69) is 16.8 Å². The van der Waals surface area contributed by atoms with Gasteiger partial charge in [-0.1, -0.05) is 31.5 Å². The van der Waals surface area contributed by atoms with Crippen LogP contribution >= 0.6 is 0 Å². The van der Waals surface area contributed by atoms with Crippen LogP contribution in [-0.2, 0) is 0 Å². The summed E-state index contributed by atoms with van der Waals surface area (Å²) in [6.45, 7) is 4.10. The molecule has 1 aliphatic heterocycles. The third-order valence-electron chi connectivity index (χ3n) is 5.76. The van der Waals surface area contributed by atoms with Gasteiger partial charge in [-0.2, -0.15) is 5.10 Å². The highest BCUT2D eigenvalue weighted by Crippen LogP contribution is 2.43. The molecule has 1 aromatic carbocycles. The van der Waals surface area contributed by atoms with E-state index in [1.54, 1.807) is 6.07 Å². The molecule has 1 aliphatic carbocycles. The molecule has 0 radical (unpaired) electrons. The minimum absolute atomic E-state index is 0.0780. The number of para-hydroxylation sites is 1. The lowest BCUT2D eigenvalue weighted by Gasteiger charge is -2.40. The Labute approximate surface area is 157 Å². The Bertz CT molecular complexity index is 1020. The van der Waals surface area contributed by atoms with Crippen molar-refractivity contribution in [1.82, 2.24) is 14.8 Å². The average molecular weight is 362 g/mol. The van der Waals surface area contributed by atoms with Gasteiger partial charge in [0.25, 0.3) is 0 Å². The van der Waals surface area contributed by atoms with Crippen molar-refractivity contribution in [2.75, 3.05) is 18.0 Å². The highest BCUT2D eigenvalue weighted by Gasteiger charge is 2.32. The molecular formula is C21H22N4O2. The number of pyridine rings is 1. The Balaban J connectivity index is 1.79. The third kappa shape index (κ3) is 2.59. The summed E-state index contributed by atoms with van der Waals surface area (Å²) in [6.07, 6.45) is 3.50. The van der Waals surface area contributed by atoms with Crippen molar-refractivity contribution < 1.29 is 9.90 Å². The molecule has 1 saturated heterocycles. The van der Waals surface area contributed by atoms with Gasteiger partial charge in [0.1, 0.15) is 0 Å². The Morgan fingerprint density at radius 1 is 1.19 bits per heavy atom. The monoisotopic (exact) mass is 362 g/mol. The van der Waals surface area contributed by atoms with Gasteiger partial charge in [-0.3, -0.25) is 0 Å². The molecule has 6 heteroatoms. The summed E-state index contributed by atoms with van der Waals surface area (Å²) in [5.74, 6) is 0.0583. The molecule has 1 saturated carbocycles. The Kier molecular flexibility index (Phi) is 3.67. The molecule has 0 spiro atoms. The summed E-state index contributed by atoms with van der Waals surface area (Å²) in [5.41, 5.74) is 3.68. The Hall–Kier alpha value is -2.89. The van der Waals surface area contributed by atoms with Gasteiger partial charge in [0, 0.05) is 19.0 Å². The maximum atomic E-state index is 11.7. The molecule has 27 heavy (non-hydrogen) atoms. The van der Waals surface area contributed by atoms with E-state index in [1.165, 1.54) is 6.42 Å². The second-order valence-corrected chi connectivity index (χ2v) is 7.80. The van der Waals surface area contributed by atoms with E-state index in [9.17, 15) is 9.90 Å². The van der Waals surface area contributed by atoms with Crippen molar-refractivity contribution in [1.29, 1.82) is 0 Å². The van der Waals surface area contributed by atoms with E-state index in [-0.39, 0.29) is 5.69 Å². The van der Waals surface area contributed by atoms with Crippen LogP contribution in [0, 0.1) is 5.92 Å². The fourth-order valence-electron chi connectivity index (χ4n) is 4.09. The second kappa shape index (κ2) is 6.08. The van der Waals surface area contributed by atoms with E-state index in [0.29, 0.717) is 17.5 Å². The zero-order valence-electron chi connectivity index (χ0n) is 15.3. The van der Waals surface area contributed by atoms with Crippen LogP contribution in [0.15, 0.2) is 36.4 Å². The maximum absolute atomic E-state index is 11.7. The summed E-state index contributed by atoms with van der Waals surface area (Å²) in [7, 11) is 0. The largest absolute Gasteiger partial charge is 0.477 e. The molecule has 0 amide bonds. The second-order valence-electron chi connectivity index (χ2n) is 7.80. The molecule has 138 valence electrons. The van der Waals surface area contributed by atoms with Crippen LogP contribution in [0.2, 0.25) is 0 Å². The quantitative estimate of drug-likeness (QED) is 0.763. The van der Waals surface area contributed by atoms with Gasteiger partial charge in [-0.25, -0.2) is 14.5 Å². The van der Waals surface area contributed by atoms with Gasteiger partial charge < -0.3 is 10.0 Å². The number of anilines is 1. The standard InChI is InChI=1S/C21H22N4O2/c1-13-11-24(12-13)17-10-16(21(26)27)22-20-18(17)19(14-6-5-7-14)23-25(20)15-8-3-2-4-9-15/h2-4,8-10,13-14H,5-7,11-12H2,1H3,(H,26,27). The topological polar surface area (TPSA) is 71.2 Å². The first kappa shape index (κ1) is 16.3. The number of rotatable bonds is 4. The minimum atomic E-state index is -1.00. The van der Waals surface area contributed by atoms with E-state index in [4.69, 9.17) is 5.10 Å². The predicted molar refractivity (Wildman–Crippen MR) is 104 cm³/mol. The predicted octanol–water partition coefficient (Wildman–Crippen LogP) is 3.84. The summed E-state index contributed by atoms with van der Waals surface area (Å²) < 4.78 is 1.82. The molecule has 2 aliphatic rings. The summed E-state index contributed by atoms with van der Waals surface area (Å²) in [5, 5.41) is 15.6. The van der Waals surface area contributed by atoms with E-state index in [1.807, 2.05) is 35.0 Å². The number of hydrogen-bond acceptors (Lipinski definition) is 4. The number of fused-ring (bicyclic) bond motifs is 1. The average Bonchev–Trinajstić information content (AvgIpc) is 2.97. The van der Waals surface area contributed by atoms with Crippen LogP contribution in [0.1, 0.15) is 48.3 Å². The number of benzene rings is 1. The number of carbonyl (C=O) groups is 1. The number of hydrogen-bond donors (Lipinski definition) is 1. The van der Waals surface area contributed by atoms with Crippen molar-refractivity contribution >= 4 is 22.7 Å². The Morgan fingerprint density at radius 3 is 2.52 bits per heavy atom. The fraction of sp³-hybridized carbons (Fsp3) is 0.381. The zero-order chi connectivity index (χ0) is 18.5. The lowest BCUT2D eigenvalue weighted by atomic mass is 9.81. The molecule has 2 fully saturated rings. The van der Waals surface area contributed by atoms with Crippen molar-refractivity contribution in [3.63, 3.8) is 0 Å². The highest BCUT2D eigenvalue weighted by atomic mass is 16.4. The molecule has 1 N–H and O–H groups in total. The molecule has 3 heterocycles. The molecule has 5 rings (SSSR count).